The van der Waals surface area contributed by atoms with Crippen LogP contribution in [0, 0.1) is 19.7 Å². The zero-order valence-corrected chi connectivity index (χ0v) is 11.2. The number of nitrogens with zero attached hydrogens (tertiary/aromatic N) is 1. The summed E-state index contributed by atoms with van der Waals surface area (Å²) in [7, 11) is 0. The normalized spacial score (nSPS) is 11.1. The van der Waals surface area contributed by atoms with E-state index in [1.807, 2.05) is 18.3 Å². The van der Waals surface area contributed by atoms with E-state index < -0.39 is 0 Å². The van der Waals surface area contributed by atoms with Crippen molar-refractivity contribution in [1.29, 1.82) is 0 Å². The number of fused-ring (bicyclic) bond motifs is 1. The average Bonchev–Trinajstić information content (AvgIpc) is 2.79. The van der Waals surface area contributed by atoms with Gasteiger partial charge in [0.25, 0.3) is 0 Å². The SMILES string of the molecule is Cc1ccc(C)c(Cn2ccc3c(F)cccc32)c1. The van der Waals surface area contributed by atoms with Crippen LogP contribution in [0.3, 0.4) is 0 Å². The number of benzene rings is 2. The van der Waals surface area contributed by atoms with E-state index in [4.69, 9.17) is 0 Å². The van der Waals surface area contributed by atoms with E-state index in [1.54, 1.807) is 6.07 Å². The Labute approximate surface area is 112 Å². The number of rotatable bonds is 2. The molecule has 19 heavy (non-hydrogen) atoms. The maximum absolute atomic E-state index is 13.7. The Morgan fingerprint density at radius 3 is 2.74 bits per heavy atom. The molecule has 1 aromatic heterocycles. The Morgan fingerprint density at radius 2 is 1.89 bits per heavy atom. The molecule has 0 unspecified atom stereocenters. The summed E-state index contributed by atoms with van der Waals surface area (Å²) in [5, 5.41) is 0.688. The van der Waals surface area contributed by atoms with Crippen molar-refractivity contribution in [2.24, 2.45) is 0 Å². The van der Waals surface area contributed by atoms with Gasteiger partial charge in [0, 0.05) is 18.1 Å². The first kappa shape index (κ1) is 12.0. The summed E-state index contributed by atoms with van der Waals surface area (Å²) in [6.45, 7) is 4.98. The largest absolute Gasteiger partial charge is 0.343 e. The van der Waals surface area contributed by atoms with Gasteiger partial charge in [-0.3, -0.25) is 0 Å². The first-order valence-electron chi connectivity index (χ1n) is 6.44. The Hall–Kier alpha value is -2.09. The maximum Gasteiger partial charge on any atom is 0.132 e. The van der Waals surface area contributed by atoms with E-state index in [1.165, 1.54) is 22.8 Å². The topological polar surface area (TPSA) is 4.93 Å². The van der Waals surface area contributed by atoms with Gasteiger partial charge in [0.1, 0.15) is 5.82 Å². The van der Waals surface area contributed by atoms with Crippen LogP contribution in [0.15, 0.2) is 48.7 Å². The molecule has 0 aliphatic heterocycles. The van der Waals surface area contributed by atoms with Crippen molar-refractivity contribution in [2.75, 3.05) is 0 Å². The van der Waals surface area contributed by atoms with Crippen LogP contribution in [0.1, 0.15) is 16.7 Å². The zero-order valence-electron chi connectivity index (χ0n) is 11.2. The van der Waals surface area contributed by atoms with E-state index in [2.05, 4.69) is 36.6 Å². The van der Waals surface area contributed by atoms with Crippen LogP contribution < -0.4 is 0 Å². The number of hydrogen-bond donors (Lipinski definition) is 0. The van der Waals surface area contributed by atoms with Crippen LogP contribution in [0.5, 0.6) is 0 Å². The number of aryl methyl sites for hydroxylation is 2. The molecule has 2 heteroatoms. The minimum atomic E-state index is -0.155. The smallest absolute Gasteiger partial charge is 0.132 e. The molecule has 0 N–H and O–H groups in total. The maximum atomic E-state index is 13.7. The monoisotopic (exact) mass is 253 g/mol. The summed E-state index contributed by atoms with van der Waals surface area (Å²) in [5.74, 6) is -0.155. The molecule has 0 bridgehead atoms. The van der Waals surface area contributed by atoms with Gasteiger partial charge in [0.05, 0.1) is 5.52 Å². The quantitative estimate of drug-likeness (QED) is 0.636. The van der Waals surface area contributed by atoms with Crippen molar-refractivity contribution in [3.8, 4) is 0 Å². The van der Waals surface area contributed by atoms with Gasteiger partial charge in [-0.2, -0.15) is 0 Å². The molecule has 0 saturated heterocycles. The minimum Gasteiger partial charge on any atom is -0.343 e. The van der Waals surface area contributed by atoms with Crippen molar-refractivity contribution in [3.05, 3.63) is 71.2 Å². The molecule has 0 atom stereocenters. The lowest BCUT2D eigenvalue weighted by Gasteiger charge is -2.10. The second kappa shape index (κ2) is 4.54. The van der Waals surface area contributed by atoms with E-state index in [0.29, 0.717) is 5.39 Å². The zero-order chi connectivity index (χ0) is 13.4. The van der Waals surface area contributed by atoms with Gasteiger partial charge in [-0.05, 0) is 43.2 Å². The Balaban J connectivity index is 2.06. The Morgan fingerprint density at radius 1 is 1.05 bits per heavy atom. The molecule has 0 fully saturated rings. The first-order valence-corrected chi connectivity index (χ1v) is 6.44. The van der Waals surface area contributed by atoms with Crippen LogP contribution in [0.4, 0.5) is 4.39 Å². The van der Waals surface area contributed by atoms with E-state index in [9.17, 15) is 4.39 Å². The highest BCUT2D eigenvalue weighted by atomic mass is 19.1. The molecule has 3 aromatic rings. The molecular weight excluding hydrogens is 237 g/mol. The lowest BCUT2D eigenvalue weighted by Crippen LogP contribution is -2.00. The average molecular weight is 253 g/mol. The van der Waals surface area contributed by atoms with Crippen LogP contribution in [0.25, 0.3) is 10.9 Å². The van der Waals surface area contributed by atoms with E-state index in [-0.39, 0.29) is 5.82 Å². The minimum absolute atomic E-state index is 0.155. The number of hydrogen-bond acceptors (Lipinski definition) is 0. The Bertz CT molecular complexity index is 740. The van der Waals surface area contributed by atoms with Crippen molar-refractivity contribution >= 4 is 10.9 Å². The number of halogens is 1. The predicted octanol–water partition coefficient (Wildman–Crippen LogP) is 4.45. The molecule has 0 amide bonds. The molecule has 0 saturated carbocycles. The highest BCUT2D eigenvalue weighted by Gasteiger charge is 2.06. The molecule has 2 aromatic carbocycles. The summed E-state index contributed by atoms with van der Waals surface area (Å²) >= 11 is 0. The standard InChI is InChI=1S/C17H16FN/c1-12-6-7-13(2)14(10-12)11-19-9-8-15-16(18)4-3-5-17(15)19/h3-10H,11H2,1-2H3. The van der Waals surface area contributed by atoms with Crippen LogP contribution in [-0.2, 0) is 6.54 Å². The highest BCUT2D eigenvalue weighted by molar-refractivity contribution is 5.80. The van der Waals surface area contributed by atoms with Gasteiger partial charge in [-0.25, -0.2) is 4.39 Å². The lowest BCUT2D eigenvalue weighted by atomic mass is 10.1. The molecule has 0 radical (unpaired) electrons. The molecule has 1 heterocycles. The molecular formula is C17H16FN. The van der Waals surface area contributed by atoms with Crippen LogP contribution >= 0.6 is 0 Å². The van der Waals surface area contributed by atoms with Gasteiger partial charge in [-0.1, -0.05) is 29.8 Å². The van der Waals surface area contributed by atoms with Gasteiger partial charge in [0.15, 0.2) is 0 Å². The Kier molecular flexibility index (Phi) is 2.86. The van der Waals surface area contributed by atoms with E-state index in [0.717, 1.165) is 12.1 Å². The molecule has 0 spiro atoms. The third-order valence-electron chi connectivity index (χ3n) is 3.61. The fourth-order valence-corrected chi connectivity index (χ4v) is 2.48. The third-order valence-corrected chi connectivity index (χ3v) is 3.61. The summed E-state index contributed by atoms with van der Waals surface area (Å²) < 4.78 is 15.8. The second-order valence-corrected chi connectivity index (χ2v) is 5.05. The molecule has 1 nitrogen and oxygen atoms in total. The van der Waals surface area contributed by atoms with Gasteiger partial charge in [-0.15, -0.1) is 0 Å². The van der Waals surface area contributed by atoms with Gasteiger partial charge >= 0.3 is 0 Å². The van der Waals surface area contributed by atoms with Crippen LogP contribution in [0.2, 0.25) is 0 Å². The first-order chi connectivity index (χ1) is 9.15. The van der Waals surface area contributed by atoms with Crippen molar-refractivity contribution in [3.63, 3.8) is 0 Å². The van der Waals surface area contributed by atoms with Gasteiger partial charge < -0.3 is 4.57 Å². The summed E-state index contributed by atoms with van der Waals surface area (Å²) in [4.78, 5) is 0. The second-order valence-electron chi connectivity index (χ2n) is 5.05. The molecule has 0 aliphatic rings. The van der Waals surface area contributed by atoms with Crippen LogP contribution in [-0.4, -0.2) is 4.57 Å². The summed E-state index contributed by atoms with van der Waals surface area (Å²) in [6.07, 6.45) is 1.95. The van der Waals surface area contributed by atoms with Gasteiger partial charge in [0.2, 0.25) is 0 Å². The van der Waals surface area contributed by atoms with Crippen molar-refractivity contribution < 1.29 is 4.39 Å². The van der Waals surface area contributed by atoms with Crippen molar-refractivity contribution in [1.82, 2.24) is 4.57 Å². The summed E-state index contributed by atoms with van der Waals surface area (Å²) in [5.41, 5.74) is 4.75. The lowest BCUT2D eigenvalue weighted by molar-refractivity contribution is 0.639. The third kappa shape index (κ3) is 2.14. The highest BCUT2D eigenvalue weighted by Crippen LogP contribution is 2.21. The summed E-state index contributed by atoms with van der Waals surface area (Å²) in [6, 6.07) is 13.5. The number of aromatic nitrogens is 1. The molecule has 96 valence electrons. The van der Waals surface area contributed by atoms with E-state index >= 15 is 0 Å². The predicted molar refractivity (Wildman–Crippen MR) is 76.9 cm³/mol. The molecule has 3 rings (SSSR count). The van der Waals surface area contributed by atoms with Crippen molar-refractivity contribution in [2.45, 2.75) is 20.4 Å². The fourth-order valence-electron chi connectivity index (χ4n) is 2.48. The molecule has 0 aliphatic carbocycles. The fraction of sp³-hybridized carbons (Fsp3) is 0.176.